The van der Waals surface area contributed by atoms with Gasteiger partial charge in [0, 0.05) is 106 Å². The number of aromatic carboxylic acids is 1. The number of benzene rings is 3. The van der Waals surface area contributed by atoms with Crippen LogP contribution in [0.25, 0.3) is 22.0 Å². The summed E-state index contributed by atoms with van der Waals surface area (Å²) < 4.78 is 16.0. The Balaban J connectivity index is 0.940. The second-order valence-corrected chi connectivity index (χ2v) is 17.7. The van der Waals surface area contributed by atoms with E-state index in [4.69, 9.17) is 26.2 Å². The Morgan fingerprint density at radius 1 is 0.896 bits per heavy atom. The zero-order valence-corrected chi connectivity index (χ0v) is 40.0. The van der Waals surface area contributed by atoms with E-state index in [-0.39, 0.29) is 29.9 Å². The van der Waals surface area contributed by atoms with Crippen molar-refractivity contribution in [1.29, 1.82) is 0 Å². The first kappa shape index (κ1) is 48.9. The first-order chi connectivity index (χ1) is 32.2. The first-order valence-electron chi connectivity index (χ1n) is 22.9. The second-order valence-electron chi connectivity index (χ2n) is 17.3. The Morgan fingerprint density at radius 2 is 1.58 bits per heavy atom. The van der Waals surface area contributed by atoms with Gasteiger partial charge >= 0.3 is 5.97 Å². The van der Waals surface area contributed by atoms with E-state index in [0.717, 1.165) is 98.5 Å². The highest BCUT2D eigenvalue weighted by atomic mass is 35.5. The zero-order valence-electron chi connectivity index (χ0n) is 39.2. The molecule has 0 aliphatic carbocycles. The monoisotopic (exact) mass is 936 g/mol. The lowest BCUT2D eigenvalue weighted by Gasteiger charge is -2.34. The number of anilines is 1. The quantitative estimate of drug-likeness (QED) is 0.0415. The molecule has 4 heterocycles. The highest BCUT2D eigenvalue weighted by Crippen LogP contribution is 2.38. The molecule has 16 nitrogen and oxygen atoms in total. The average molecular weight is 938 g/mol. The van der Waals surface area contributed by atoms with E-state index in [1.807, 2.05) is 68.3 Å². The normalized spacial score (nSPS) is 14.8. The summed E-state index contributed by atoms with van der Waals surface area (Å²) in [7, 11) is 3.42. The van der Waals surface area contributed by atoms with Gasteiger partial charge < -0.3 is 34.6 Å². The van der Waals surface area contributed by atoms with Crippen molar-refractivity contribution in [3.05, 3.63) is 98.5 Å². The number of fused-ring (bicyclic) bond motifs is 2. The molecule has 2 aliphatic heterocycles. The predicted molar refractivity (Wildman–Crippen MR) is 258 cm³/mol. The van der Waals surface area contributed by atoms with Gasteiger partial charge in [-0.05, 0) is 87.9 Å². The van der Waals surface area contributed by atoms with Crippen LogP contribution in [0.1, 0.15) is 78.5 Å². The molecule has 0 saturated carbocycles. The third-order valence-corrected chi connectivity index (χ3v) is 13.6. The Labute approximate surface area is 396 Å². The number of hydrogen-bond donors (Lipinski definition) is 3. The molecular formula is C50H61ClN8O8. The number of para-hydroxylation sites is 1. The van der Waals surface area contributed by atoms with Gasteiger partial charge in [0.05, 0.1) is 48.2 Å². The number of carboxylic acids is 1. The lowest BCUT2D eigenvalue weighted by atomic mass is 9.98. The van der Waals surface area contributed by atoms with Crippen molar-refractivity contribution in [3.8, 4) is 16.9 Å². The number of nitrogens with zero attached hydrogens (tertiary/aromatic N) is 6. The van der Waals surface area contributed by atoms with Crippen LogP contribution < -0.4 is 15.4 Å². The molecule has 2 aromatic heterocycles. The molecule has 1 unspecified atom stereocenters. The van der Waals surface area contributed by atoms with Crippen LogP contribution in [-0.2, 0) is 34.3 Å². The minimum Gasteiger partial charge on any atom is -0.494 e. The third kappa shape index (κ3) is 10.6. The van der Waals surface area contributed by atoms with E-state index in [0.29, 0.717) is 70.0 Å². The first-order valence-corrected chi connectivity index (χ1v) is 23.3. The van der Waals surface area contributed by atoms with Gasteiger partial charge in [0.2, 0.25) is 5.91 Å². The summed E-state index contributed by atoms with van der Waals surface area (Å²) in [4.78, 5) is 69.2. The van der Waals surface area contributed by atoms with Crippen molar-refractivity contribution >= 4 is 58.2 Å². The maximum Gasteiger partial charge on any atom is 0.352 e. The van der Waals surface area contributed by atoms with Gasteiger partial charge in [-0.2, -0.15) is 5.10 Å². The van der Waals surface area contributed by atoms with Crippen LogP contribution in [0, 0.1) is 27.7 Å². The molecule has 1 atom stereocenters. The number of rotatable bonds is 22. The third-order valence-electron chi connectivity index (χ3n) is 13.0. The molecule has 3 aromatic carbocycles. The van der Waals surface area contributed by atoms with Crippen LogP contribution in [0.5, 0.6) is 5.75 Å². The number of hydrogen-bond acceptors (Lipinski definition) is 11. The van der Waals surface area contributed by atoms with Gasteiger partial charge in [-0.25, -0.2) is 4.79 Å². The highest BCUT2D eigenvalue weighted by Gasteiger charge is 2.41. The van der Waals surface area contributed by atoms with Crippen molar-refractivity contribution in [2.45, 2.75) is 66.0 Å². The minimum absolute atomic E-state index is 0.00671. The maximum absolute atomic E-state index is 13.4. The molecule has 1 fully saturated rings. The fourth-order valence-corrected chi connectivity index (χ4v) is 9.55. The molecule has 1 saturated heterocycles. The topological polar surface area (TPSA) is 181 Å². The molecule has 0 bridgehead atoms. The zero-order chi connectivity index (χ0) is 47.9. The van der Waals surface area contributed by atoms with E-state index in [1.54, 1.807) is 18.2 Å². The molecule has 17 heteroatoms. The van der Waals surface area contributed by atoms with Crippen molar-refractivity contribution in [2.24, 2.45) is 7.05 Å². The van der Waals surface area contributed by atoms with Crippen LogP contribution in [0.2, 0.25) is 5.02 Å². The number of carbonyl (C=O) groups is 5. The molecular weight excluding hydrogens is 876 g/mol. The van der Waals surface area contributed by atoms with Gasteiger partial charge in [-0.15, -0.1) is 0 Å². The van der Waals surface area contributed by atoms with Crippen molar-refractivity contribution < 1.29 is 38.6 Å². The Bertz CT molecular complexity index is 2640. The number of aldehydes is 1. The Kier molecular flexibility index (Phi) is 15.8. The summed E-state index contributed by atoms with van der Waals surface area (Å²) in [6.45, 7) is 14.9. The number of carbonyl (C=O) groups excluding carboxylic acids is 4. The molecule has 7 rings (SSSR count). The van der Waals surface area contributed by atoms with E-state index in [1.165, 1.54) is 7.05 Å². The summed E-state index contributed by atoms with van der Waals surface area (Å²) in [6.07, 6.45) is 1.74. The van der Waals surface area contributed by atoms with Gasteiger partial charge in [-0.3, -0.25) is 33.8 Å². The van der Waals surface area contributed by atoms with Crippen molar-refractivity contribution in [3.63, 3.8) is 0 Å². The summed E-state index contributed by atoms with van der Waals surface area (Å²) >= 11 is 6.39. The largest absolute Gasteiger partial charge is 0.494 e. The highest BCUT2D eigenvalue weighted by molar-refractivity contribution is 6.32. The summed E-state index contributed by atoms with van der Waals surface area (Å²) in [5.41, 5.74) is 8.71. The number of halogens is 1. The summed E-state index contributed by atoms with van der Waals surface area (Å²) in [5.74, 6) is -1.61. The van der Waals surface area contributed by atoms with Gasteiger partial charge in [0.1, 0.15) is 17.7 Å². The minimum atomic E-state index is -1.04. The second kappa shape index (κ2) is 21.7. The number of aromatic nitrogens is 3. The molecule has 3 amide bonds. The molecule has 0 spiro atoms. The number of amides is 3. The van der Waals surface area contributed by atoms with Crippen LogP contribution in [-0.4, -0.2) is 143 Å². The molecule has 3 N–H and O–H groups in total. The van der Waals surface area contributed by atoms with E-state index >= 15 is 0 Å². The predicted octanol–water partition coefficient (Wildman–Crippen LogP) is 6.07. The lowest BCUT2D eigenvalue weighted by molar-refractivity contribution is -0.121. The van der Waals surface area contributed by atoms with Gasteiger partial charge in [0.15, 0.2) is 0 Å². The lowest BCUT2D eigenvalue weighted by Crippen LogP contribution is -2.48. The van der Waals surface area contributed by atoms with Crippen molar-refractivity contribution in [1.82, 2.24) is 34.4 Å². The Hall–Kier alpha value is -6.07. The molecule has 67 heavy (non-hydrogen) atoms. The van der Waals surface area contributed by atoms with Crippen LogP contribution >= 0.6 is 11.6 Å². The van der Waals surface area contributed by atoms with Crippen LogP contribution in [0.4, 0.5) is 5.69 Å². The molecule has 0 radical (unpaired) electrons. The SMILES string of the molecule is CNC(=O)CCC(C=O)N1C(=O)c2cccc(NCCOCCN3CCN(CCn4c(C(=O)O)c(CCCOc5cc(C)c(Cl)c(C)c5)c5cccc(-c6c(C)nn(C)c6C)c54)CC3)c2C1=O. The van der Waals surface area contributed by atoms with Crippen molar-refractivity contribution in [2.75, 3.05) is 78.0 Å². The standard InChI is InChI=1S/C50H61ClN8O8/c1-31-28-36(29-32(2)45(31)51)67-25-9-13-38-37-10-7-11-39(43-33(3)54-55(6)34(43)4)46(37)58(47(38)50(64)65)23-22-56-18-20-57(21-19-56)24-27-66-26-17-53-41-14-8-12-40-44(41)49(63)59(48(40)62)35(30-60)15-16-42(61)52-5/h7-8,10-12,14,28-30,35,53H,9,13,15-27H2,1-6H3,(H,52,61)(H,64,65). The fourth-order valence-electron chi connectivity index (χ4n) is 9.44. The maximum atomic E-state index is 13.4. The smallest absolute Gasteiger partial charge is 0.352 e. The number of ether oxygens (including phenoxy) is 2. The van der Waals surface area contributed by atoms with E-state index in [9.17, 15) is 29.1 Å². The summed E-state index contributed by atoms with van der Waals surface area (Å²) in [5, 5.41) is 22.9. The van der Waals surface area contributed by atoms with Crippen LogP contribution in [0.15, 0.2) is 48.5 Å². The average Bonchev–Trinajstić information content (AvgIpc) is 3.88. The van der Waals surface area contributed by atoms with Gasteiger partial charge in [-0.1, -0.05) is 35.9 Å². The van der Waals surface area contributed by atoms with E-state index < -0.39 is 23.8 Å². The summed E-state index contributed by atoms with van der Waals surface area (Å²) in [6, 6.07) is 13.9. The van der Waals surface area contributed by atoms with Gasteiger partial charge in [0.25, 0.3) is 11.8 Å². The van der Waals surface area contributed by atoms with Crippen LogP contribution in [0.3, 0.4) is 0 Å². The number of carboxylic acid groups (broad SMARTS) is 1. The molecule has 5 aromatic rings. The molecule has 2 aliphatic rings. The number of piperazine rings is 1. The number of aryl methyl sites for hydroxylation is 5. The van der Waals surface area contributed by atoms with E-state index in [2.05, 4.69) is 26.5 Å². The number of imide groups is 1. The number of nitrogens with one attached hydrogen (secondary N) is 2. The Morgan fingerprint density at radius 3 is 2.24 bits per heavy atom. The molecule has 356 valence electrons. The fraction of sp³-hybridized carbons (Fsp3) is 0.440.